The summed E-state index contributed by atoms with van der Waals surface area (Å²) >= 11 is 0. The smallest absolute Gasteiger partial charge is 0.333 e. The monoisotopic (exact) mass is 266 g/mol. The van der Waals surface area contributed by atoms with E-state index in [1.807, 2.05) is 0 Å². The Bertz CT molecular complexity index is 466. The van der Waals surface area contributed by atoms with Gasteiger partial charge in [0.25, 0.3) is 0 Å². The van der Waals surface area contributed by atoms with Crippen LogP contribution in [-0.2, 0) is 9.53 Å². The van der Waals surface area contributed by atoms with Crippen LogP contribution in [0.1, 0.15) is 12.5 Å². The Morgan fingerprint density at radius 3 is 1.89 bits per heavy atom. The van der Waals surface area contributed by atoms with E-state index in [-0.39, 0.29) is 0 Å². The van der Waals surface area contributed by atoms with E-state index in [0.29, 0.717) is 28.4 Å². The fraction of sp³-hybridized carbons (Fsp3) is 0.357. The number of carbonyl (C=O) groups is 1. The number of esters is 1. The van der Waals surface area contributed by atoms with E-state index in [0.717, 1.165) is 0 Å². The standard InChI is InChI=1S/C14H18O5/c1-9(14(15)19-5)6-11-12(17-3)7-10(16-2)8-13(11)18-4/h6-8H,1-5H3. The number of carbonyl (C=O) groups excluding carboxylic acids is 1. The molecule has 0 saturated heterocycles. The van der Waals surface area contributed by atoms with Gasteiger partial charge in [-0.1, -0.05) is 0 Å². The molecule has 0 amide bonds. The maximum Gasteiger partial charge on any atom is 0.333 e. The van der Waals surface area contributed by atoms with Crippen LogP contribution in [0.4, 0.5) is 0 Å². The largest absolute Gasteiger partial charge is 0.496 e. The molecule has 5 nitrogen and oxygen atoms in total. The third-order valence-corrected chi connectivity index (χ3v) is 2.62. The van der Waals surface area contributed by atoms with Crippen LogP contribution in [0.5, 0.6) is 17.2 Å². The van der Waals surface area contributed by atoms with E-state index in [9.17, 15) is 4.79 Å². The lowest BCUT2D eigenvalue weighted by Gasteiger charge is -2.13. The molecular formula is C14H18O5. The van der Waals surface area contributed by atoms with Crippen molar-refractivity contribution in [2.24, 2.45) is 0 Å². The molecule has 0 atom stereocenters. The van der Waals surface area contributed by atoms with Gasteiger partial charge in [-0.3, -0.25) is 0 Å². The van der Waals surface area contributed by atoms with Crippen molar-refractivity contribution in [3.8, 4) is 17.2 Å². The predicted octanol–water partition coefficient (Wildman–Crippen LogP) is 2.29. The van der Waals surface area contributed by atoms with E-state index in [1.165, 1.54) is 7.11 Å². The molecule has 5 heteroatoms. The van der Waals surface area contributed by atoms with Crippen LogP contribution >= 0.6 is 0 Å². The minimum Gasteiger partial charge on any atom is -0.496 e. The van der Waals surface area contributed by atoms with E-state index in [4.69, 9.17) is 14.2 Å². The average molecular weight is 266 g/mol. The zero-order chi connectivity index (χ0) is 14.4. The van der Waals surface area contributed by atoms with Gasteiger partial charge in [0.1, 0.15) is 17.2 Å². The van der Waals surface area contributed by atoms with Gasteiger partial charge >= 0.3 is 5.97 Å². The zero-order valence-electron chi connectivity index (χ0n) is 11.8. The molecule has 1 rings (SSSR count). The molecule has 1 aromatic rings. The molecule has 0 unspecified atom stereocenters. The molecule has 0 bridgehead atoms. The summed E-state index contributed by atoms with van der Waals surface area (Å²) in [5.41, 5.74) is 1.11. The molecule has 0 aliphatic rings. The van der Waals surface area contributed by atoms with Crippen LogP contribution in [0.15, 0.2) is 17.7 Å². The first-order valence-electron chi connectivity index (χ1n) is 5.64. The summed E-state index contributed by atoms with van der Waals surface area (Å²) in [6.07, 6.45) is 1.66. The second-order valence-electron chi connectivity index (χ2n) is 3.76. The van der Waals surface area contributed by atoms with Crippen molar-refractivity contribution in [1.29, 1.82) is 0 Å². The van der Waals surface area contributed by atoms with Gasteiger partial charge < -0.3 is 18.9 Å². The Balaban J connectivity index is 3.36. The number of rotatable bonds is 5. The zero-order valence-corrected chi connectivity index (χ0v) is 11.8. The third kappa shape index (κ3) is 3.40. The van der Waals surface area contributed by atoms with Crippen LogP contribution in [-0.4, -0.2) is 34.4 Å². The molecular weight excluding hydrogens is 248 g/mol. The number of ether oxygens (including phenoxy) is 4. The van der Waals surface area contributed by atoms with Crippen LogP contribution in [0.2, 0.25) is 0 Å². The summed E-state index contributed by atoms with van der Waals surface area (Å²) in [5, 5.41) is 0. The Hall–Kier alpha value is -2.17. The number of methoxy groups -OCH3 is 4. The summed E-state index contributed by atoms with van der Waals surface area (Å²) in [5.74, 6) is 1.32. The Morgan fingerprint density at radius 2 is 1.53 bits per heavy atom. The quantitative estimate of drug-likeness (QED) is 0.604. The van der Waals surface area contributed by atoms with Crippen LogP contribution in [0, 0.1) is 0 Å². The van der Waals surface area contributed by atoms with Crippen molar-refractivity contribution in [3.63, 3.8) is 0 Å². The molecule has 0 N–H and O–H groups in total. The maximum atomic E-state index is 11.4. The molecule has 1 aromatic carbocycles. The Morgan fingerprint density at radius 1 is 1.00 bits per heavy atom. The molecule has 0 saturated carbocycles. The first-order chi connectivity index (χ1) is 9.07. The topological polar surface area (TPSA) is 54.0 Å². The second-order valence-corrected chi connectivity index (χ2v) is 3.76. The number of benzene rings is 1. The summed E-state index contributed by atoms with van der Waals surface area (Å²) in [6, 6.07) is 3.44. The summed E-state index contributed by atoms with van der Waals surface area (Å²) in [7, 11) is 5.98. The van der Waals surface area contributed by atoms with Gasteiger partial charge in [-0.15, -0.1) is 0 Å². The van der Waals surface area contributed by atoms with Crippen LogP contribution in [0.25, 0.3) is 6.08 Å². The normalized spacial score (nSPS) is 10.9. The Labute approximate surface area is 112 Å². The van der Waals surface area contributed by atoms with Crippen LogP contribution < -0.4 is 14.2 Å². The van der Waals surface area contributed by atoms with Gasteiger partial charge in [-0.05, 0) is 13.0 Å². The molecule has 0 heterocycles. The lowest BCUT2D eigenvalue weighted by atomic mass is 10.1. The second kappa shape index (κ2) is 6.68. The lowest BCUT2D eigenvalue weighted by Crippen LogP contribution is -2.02. The molecule has 0 fully saturated rings. The highest BCUT2D eigenvalue weighted by atomic mass is 16.5. The summed E-state index contributed by atoms with van der Waals surface area (Å²) in [6.45, 7) is 1.66. The van der Waals surface area contributed by atoms with Crippen LogP contribution in [0.3, 0.4) is 0 Å². The van der Waals surface area contributed by atoms with Crippen molar-refractivity contribution in [1.82, 2.24) is 0 Å². The van der Waals surface area contributed by atoms with Crippen molar-refractivity contribution in [2.75, 3.05) is 28.4 Å². The van der Waals surface area contributed by atoms with Gasteiger partial charge in [0.05, 0.1) is 34.0 Å². The highest BCUT2D eigenvalue weighted by molar-refractivity contribution is 5.94. The van der Waals surface area contributed by atoms with Crippen molar-refractivity contribution < 1.29 is 23.7 Å². The number of hydrogen-bond donors (Lipinski definition) is 0. The third-order valence-electron chi connectivity index (χ3n) is 2.62. The van der Waals surface area contributed by atoms with Gasteiger partial charge in [0, 0.05) is 17.7 Å². The molecule has 19 heavy (non-hydrogen) atoms. The van der Waals surface area contributed by atoms with Gasteiger partial charge in [0.15, 0.2) is 0 Å². The summed E-state index contributed by atoms with van der Waals surface area (Å²) in [4.78, 5) is 11.4. The molecule has 0 radical (unpaired) electrons. The minimum atomic E-state index is -0.403. The SMILES string of the molecule is COC(=O)C(C)=Cc1c(OC)cc(OC)cc1OC. The first-order valence-corrected chi connectivity index (χ1v) is 5.64. The first kappa shape index (κ1) is 14.9. The molecule has 104 valence electrons. The van der Waals surface area contributed by atoms with Gasteiger partial charge in [-0.25, -0.2) is 4.79 Å². The number of hydrogen-bond acceptors (Lipinski definition) is 5. The van der Waals surface area contributed by atoms with Crippen molar-refractivity contribution in [3.05, 3.63) is 23.3 Å². The van der Waals surface area contributed by atoms with Crippen molar-refractivity contribution >= 4 is 12.0 Å². The maximum absolute atomic E-state index is 11.4. The minimum absolute atomic E-state index is 0.403. The van der Waals surface area contributed by atoms with E-state index < -0.39 is 5.97 Å². The average Bonchev–Trinajstić information content (AvgIpc) is 2.45. The molecule has 0 aromatic heterocycles. The lowest BCUT2D eigenvalue weighted by molar-refractivity contribution is -0.135. The molecule has 0 aliphatic heterocycles. The molecule has 0 spiro atoms. The fourth-order valence-electron chi connectivity index (χ4n) is 1.61. The van der Waals surface area contributed by atoms with E-state index in [2.05, 4.69) is 4.74 Å². The predicted molar refractivity (Wildman–Crippen MR) is 71.8 cm³/mol. The van der Waals surface area contributed by atoms with E-state index >= 15 is 0 Å². The highest BCUT2D eigenvalue weighted by Crippen LogP contribution is 2.35. The Kier molecular flexibility index (Phi) is 5.23. The summed E-state index contributed by atoms with van der Waals surface area (Å²) < 4.78 is 20.4. The fourth-order valence-corrected chi connectivity index (χ4v) is 1.61. The van der Waals surface area contributed by atoms with Gasteiger partial charge in [-0.2, -0.15) is 0 Å². The molecule has 0 aliphatic carbocycles. The highest BCUT2D eigenvalue weighted by Gasteiger charge is 2.13. The van der Waals surface area contributed by atoms with Crippen molar-refractivity contribution in [2.45, 2.75) is 6.92 Å². The van der Waals surface area contributed by atoms with Gasteiger partial charge in [0.2, 0.25) is 0 Å². The van der Waals surface area contributed by atoms with E-state index in [1.54, 1.807) is 46.5 Å².